The average Bonchev–Trinajstić information content (AvgIpc) is 2.96. The Labute approximate surface area is 104 Å². The zero-order valence-electron chi connectivity index (χ0n) is 8.89. The number of hydrogen-bond donors (Lipinski definition) is 0. The van der Waals surface area contributed by atoms with Crippen molar-refractivity contribution >= 4 is 33.0 Å². The Bertz CT molecular complexity index is 468. The molecule has 16 heavy (non-hydrogen) atoms. The molecule has 0 aliphatic heterocycles. The number of halogens is 1. The summed E-state index contributed by atoms with van der Waals surface area (Å²) in [7, 11) is -3.37. The lowest BCUT2D eigenvalue weighted by molar-refractivity contribution is 0.404. The molecule has 0 atom stereocenters. The molecule has 1 fully saturated rings. The SMILES string of the molecule is CCCN(C1CC1)S(=O)(=O)c1cnc(Cl)s1. The lowest BCUT2D eigenvalue weighted by Gasteiger charge is -2.19. The van der Waals surface area contributed by atoms with E-state index in [0.29, 0.717) is 6.54 Å². The summed E-state index contributed by atoms with van der Waals surface area (Å²) in [5, 5.41) is 0. The smallest absolute Gasteiger partial charge is 0.232 e. The second kappa shape index (κ2) is 4.60. The van der Waals surface area contributed by atoms with Gasteiger partial charge in [0.2, 0.25) is 0 Å². The quantitative estimate of drug-likeness (QED) is 0.832. The molecule has 1 aliphatic carbocycles. The van der Waals surface area contributed by atoms with Crippen LogP contribution in [0.4, 0.5) is 0 Å². The Kier molecular flexibility index (Phi) is 3.53. The maximum atomic E-state index is 12.3. The maximum Gasteiger partial charge on any atom is 0.254 e. The molecule has 0 aromatic carbocycles. The molecular weight excluding hydrogens is 268 g/mol. The third-order valence-corrected chi connectivity index (χ3v) is 5.92. The van der Waals surface area contributed by atoms with Crippen LogP contribution in [0.25, 0.3) is 0 Å². The third-order valence-electron chi connectivity index (χ3n) is 2.42. The van der Waals surface area contributed by atoms with Crippen molar-refractivity contribution in [2.75, 3.05) is 6.54 Å². The van der Waals surface area contributed by atoms with Crippen molar-refractivity contribution in [3.8, 4) is 0 Å². The fraction of sp³-hybridized carbons (Fsp3) is 0.667. The van der Waals surface area contributed by atoms with Crippen LogP contribution < -0.4 is 0 Å². The molecule has 0 amide bonds. The lowest BCUT2D eigenvalue weighted by Crippen LogP contribution is -2.33. The first-order valence-corrected chi connectivity index (χ1v) is 7.82. The third kappa shape index (κ3) is 2.40. The predicted octanol–water partition coefficient (Wildman–Crippen LogP) is 2.36. The Balaban J connectivity index is 2.28. The summed E-state index contributed by atoms with van der Waals surface area (Å²) in [6.45, 7) is 2.55. The Morgan fingerprint density at radius 2 is 2.31 bits per heavy atom. The summed E-state index contributed by atoms with van der Waals surface area (Å²) in [6.07, 6.45) is 4.09. The highest BCUT2D eigenvalue weighted by molar-refractivity contribution is 7.91. The first kappa shape index (κ1) is 12.3. The van der Waals surface area contributed by atoms with Gasteiger partial charge in [0.1, 0.15) is 0 Å². The van der Waals surface area contributed by atoms with E-state index in [-0.39, 0.29) is 14.7 Å². The number of rotatable bonds is 5. The van der Waals surface area contributed by atoms with Gasteiger partial charge in [-0.2, -0.15) is 4.31 Å². The van der Waals surface area contributed by atoms with Gasteiger partial charge >= 0.3 is 0 Å². The van der Waals surface area contributed by atoms with Crippen LogP contribution in [-0.2, 0) is 10.0 Å². The van der Waals surface area contributed by atoms with E-state index in [0.717, 1.165) is 30.6 Å². The van der Waals surface area contributed by atoms with Crippen LogP contribution in [0, 0.1) is 0 Å². The van der Waals surface area contributed by atoms with Crippen molar-refractivity contribution in [1.82, 2.24) is 9.29 Å². The molecule has 0 bridgehead atoms. The summed E-state index contributed by atoms with van der Waals surface area (Å²) < 4.78 is 26.6. The molecule has 0 unspecified atom stereocenters. The van der Waals surface area contributed by atoms with E-state index in [1.807, 2.05) is 6.92 Å². The van der Waals surface area contributed by atoms with E-state index in [4.69, 9.17) is 11.6 Å². The fourth-order valence-corrected chi connectivity index (χ4v) is 4.76. The molecule has 4 nitrogen and oxygen atoms in total. The second-order valence-corrected chi connectivity index (χ2v) is 7.51. The van der Waals surface area contributed by atoms with Crippen LogP contribution in [0.3, 0.4) is 0 Å². The summed E-state index contributed by atoms with van der Waals surface area (Å²) in [6, 6.07) is 0.186. The fourth-order valence-electron chi connectivity index (χ4n) is 1.56. The van der Waals surface area contributed by atoms with E-state index in [1.54, 1.807) is 4.31 Å². The molecule has 0 radical (unpaired) electrons. The van der Waals surface area contributed by atoms with Crippen LogP contribution >= 0.6 is 22.9 Å². The van der Waals surface area contributed by atoms with E-state index in [9.17, 15) is 8.42 Å². The van der Waals surface area contributed by atoms with Crippen molar-refractivity contribution in [2.24, 2.45) is 0 Å². The van der Waals surface area contributed by atoms with Gasteiger partial charge in [0.25, 0.3) is 10.0 Å². The molecule has 0 N–H and O–H groups in total. The zero-order chi connectivity index (χ0) is 11.8. The Morgan fingerprint density at radius 3 is 2.75 bits per heavy atom. The number of sulfonamides is 1. The highest BCUT2D eigenvalue weighted by atomic mass is 35.5. The van der Waals surface area contributed by atoms with Crippen LogP contribution in [-0.4, -0.2) is 30.3 Å². The molecule has 7 heteroatoms. The summed E-state index contributed by atoms with van der Waals surface area (Å²) in [5.41, 5.74) is 0. The first-order chi connectivity index (χ1) is 7.55. The van der Waals surface area contributed by atoms with Crippen LogP contribution in [0.1, 0.15) is 26.2 Å². The molecular formula is C9H13ClN2O2S2. The van der Waals surface area contributed by atoms with Crippen LogP contribution in [0.15, 0.2) is 10.4 Å². The molecule has 0 spiro atoms. The Hall–Kier alpha value is -0.170. The average molecular weight is 281 g/mol. The van der Waals surface area contributed by atoms with Crippen molar-refractivity contribution < 1.29 is 8.42 Å². The second-order valence-electron chi connectivity index (χ2n) is 3.78. The highest BCUT2D eigenvalue weighted by Gasteiger charge is 2.38. The minimum absolute atomic E-state index is 0.186. The highest BCUT2D eigenvalue weighted by Crippen LogP contribution is 2.34. The van der Waals surface area contributed by atoms with Gasteiger partial charge in [0.05, 0.1) is 6.20 Å². The zero-order valence-corrected chi connectivity index (χ0v) is 11.3. The summed E-state index contributed by atoms with van der Waals surface area (Å²) in [4.78, 5) is 3.78. The van der Waals surface area contributed by atoms with Gasteiger partial charge in [-0.05, 0) is 19.3 Å². The standard InChI is InChI=1S/C9H13ClN2O2S2/c1-2-5-12(7-3-4-7)16(13,14)8-6-11-9(10)15-8/h6-7H,2-5H2,1H3. The molecule has 90 valence electrons. The minimum Gasteiger partial charge on any atom is -0.232 e. The molecule has 1 saturated carbocycles. The van der Waals surface area contributed by atoms with Gasteiger partial charge in [-0.1, -0.05) is 29.9 Å². The van der Waals surface area contributed by atoms with E-state index >= 15 is 0 Å². The molecule has 1 aromatic heterocycles. The predicted molar refractivity (Wildman–Crippen MR) is 64.3 cm³/mol. The summed E-state index contributed by atoms with van der Waals surface area (Å²) in [5.74, 6) is 0. The van der Waals surface area contributed by atoms with E-state index in [2.05, 4.69) is 4.98 Å². The van der Waals surface area contributed by atoms with Gasteiger partial charge in [-0.25, -0.2) is 13.4 Å². The van der Waals surface area contributed by atoms with E-state index in [1.165, 1.54) is 6.20 Å². The van der Waals surface area contributed by atoms with Crippen LogP contribution in [0.2, 0.25) is 4.47 Å². The lowest BCUT2D eigenvalue weighted by atomic mass is 10.5. The topological polar surface area (TPSA) is 50.3 Å². The van der Waals surface area contributed by atoms with Gasteiger partial charge < -0.3 is 0 Å². The minimum atomic E-state index is -3.37. The van der Waals surface area contributed by atoms with Crippen LogP contribution in [0.5, 0.6) is 0 Å². The molecule has 1 heterocycles. The maximum absolute atomic E-state index is 12.3. The van der Waals surface area contributed by atoms with Gasteiger partial charge in [-0.3, -0.25) is 0 Å². The van der Waals surface area contributed by atoms with Crippen molar-refractivity contribution in [3.63, 3.8) is 0 Å². The van der Waals surface area contributed by atoms with Gasteiger partial charge in [0.15, 0.2) is 8.68 Å². The molecule has 1 aliphatic rings. The van der Waals surface area contributed by atoms with Crippen molar-refractivity contribution in [1.29, 1.82) is 0 Å². The largest absolute Gasteiger partial charge is 0.254 e. The monoisotopic (exact) mass is 280 g/mol. The number of hydrogen-bond acceptors (Lipinski definition) is 4. The summed E-state index contributed by atoms with van der Waals surface area (Å²) >= 11 is 6.69. The number of thiazole rings is 1. The van der Waals surface area contributed by atoms with Gasteiger partial charge in [0, 0.05) is 12.6 Å². The number of aromatic nitrogens is 1. The molecule has 1 aromatic rings. The van der Waals surface area contributed by atoms with Crippen molar-refractivity contribution in [2.45, 2.75) is 36.4 Å². The normalized spacial score (nSPS) is 16.9. The van der Waals surface area contributed by atoms with E-state index < -0.39 is 10.0 Å². The van der Waals surface area contributed by atoms with Gasteiger partial charge in [-0.15, -0.1) is 0 Å². The Morgan fingerprint density at radius 1 is 1.62 bits per heavy atom. The van der Waals surface area contributed by atoms with Crippen molar-refractivity contribution in [3.05, 3.63) is 10.7 Å². The molecule has 2 rings (SSSR count). The number of nitrogens with zero attached hydrogens (tertiary/aromatic N) is 2. The molecule has 0 saturated heterocycles. The first-order valence-electron chi connectivity index (χ1n) is 5.19.